The van der Waals surface area contributed by atoms with Gasteiger partial charge in [0.25, 0.3) is 0 Å². The molecule has 1 aliphatic heterocycles. The molecule has 0 unspecified atom stereocenters. The van der Waals surface area contributed by atoms with Crippen molar-refractivity contribution in [2.45, 2.75) is 12.8 Å². The molecule has 0 saturated carbocycles. The minimum Gasteiger partial charge on any atom is -0.355 e. The fourth-order valence-electron chi connectivity index (χ4n) is 1.94. The summed E-state index contributed by atoms with van der Waals surface area (Å²) in [6.45, 7) is 2.09. The molecule has 2 heterocycles. The Bertz CT molecular complexity index is 365. The van der Waals surface area contributed by atoms with Crippen LogP contribution in [0.4, 0.5) is 5.82 Å². The van der Waals surface area contributed by atoms with E-state index in [2.05, 4.69) is 41.7 Å². The van der Waals surface area contributed by atoms with Crippen molar-refractivity contribution in [3.05, 3.63) is 21.8 Å². The SMILES string of the molecule is Clc1cc(Br)cnc1N1CCC(CBr)CC1. The predicted molar refractivity (Wildman–Crippen MR) is 75.7 cm³/mol. The molecule has 0 aromatic carbocycles. The van der Waals surface area contributed by atoms with Crippen molar-refractivity contribution in [1.82, 2.24) is 4.98 Å². The number of nitrogens with zero attached hydrogens (tertiary/aromatic N) is 2. The van der Waals surface area contributed by atoms with E-state index < -0.39 is 0 Å². The van der Waals surface area contributed by atoms with E-state index >= 15 is 0 Å². The van der Waals surface area contributed by atoms with Crippen molar-refractivity contribution >= 4 is 49.3 Å². The van der Waals surface area contributed by atoms with E-state index in [1.165, 1.54) is 12.8 Å². The molecule has 1 aromatic heterocycles. The van der Waals surface area contributed by atoms with Gasteiger partial charge in [0.1, 0.15) is 5.82 Å². The molecule has 0 spiro atoms. The van der Waals surface area contributed by atoms with Gasteiger partial charge in [-0.15, -0.1) is 0 Å². The van der Waals surface area contributed by atoms with Crippen LogP contribution in [0.1, 0.15) is 12.8 Å². The Balaban J connectivity index is 2.08. The normalized spacial score (nSPS) is 17.8. The summed E-state index contributed by atoms with van der Waals surface area (Å²) in [5, 5.41) is 1.83. The summed E-state index contributed by atoms with van der Waals surface area (Å²) in [4.78, 5) is 6.66. The molecule has 1 aromatic rings. The maximum absolute atomic E-state index is 6.19. The Hall–Kier alpha value is 0.200. The minimum atomic E-state index is 0.728. The summed E-state index contributed by atoms with van der Waals surface area (Å²) in [5.41, 5.74) is 0. The van der Waals surface area contributed by atoms with Crippen molar-refractivity contribution in [1.29, 1.82) is 0 Å². The molecule has 1 fully saturated rings. The van der Waals surface area contributed by atoms with Gasteiger partial charge in [0.05, 0.1) is 5.02 Å². The molecule has 0 N–H and O–H groups in total. The first-order valence-electron chi connectivity index (χ1n) is 5.32. The zero-order chi connectivity index (χ0) is 11.5. The van der Waals surface area contributed by atoms with Crippen molar-refractivity contribution < 1.29 is 0 Å². The zero-order valence-corrected chi connectivity index (χ0v) is 12.7. The van der Waals surface area contributed by atoms with Gasteiger partial charge in [-0.25, -0.2) is 4.98 Å². The smallest absolute Gasteiger partial charge is 0.147 e. The first-order chi connectivity index (χ1) is 7.70. The van der Waals surface area contributed by atoms with E-state index in [0.717, 1.165) is 39.7 Å². The van der Waals surface area contributed by atoms with Crippen LogP contribution in [-0.2, 0) is 0 Å². The third-order valence-electron chi connectivity index (χ3n) is 2.92. The molecule has 0 bridgehead atoms. The second-order valence-corrected chi connectivity index (χ2v) is 6.01. The number of rotatable bonds is 2. The highest BCUT2D eigenvalue weighted by atomic mass is 79.9. The Labute approximate surface area is 118 Å². The van der Waals surface area contributed by atoms with Gasteiger partial charge in [0.15, 0.2) is 0 Å². The maximum atomic E-state index is 6.19. The van der Waals surface area contributed by atoms with Crippen LogP contribution in [0.15, 0.2) is 16.7 Å². The quantitative estimate of drug-likeness (QED) is 0.731. The van der Waals surface area contributed by atoms with E-state index in [-0.39, 0.29) is 0 Å². The van der Waals surface area contributed by atoms with Gasteiger partial charge in [-0.3, -0.25) is 0 Å². The lowest BCUT2D eigenvalue weighted by Crippen LogP contribution is -2.34. The number of hydrogen-bond acceptors (Lipinski definition) is 2. The van der Waals surface area contributed by atoms with Gasteiger partial charge in [-0.1, -0.05) is 27.5 Å². The number of piperidine rings is 1. The molecule has 0 amide bonds. The van der Waals surface area contributed by atoms with Crippen LogP contribution in [0.25, 0.3) is 0 Å². The number of aromatic nitrogens is 1. The van der Waals surface area contributed by atoms with Gasteiger partial charge >= 0.3 is 0 Å². The van der Waals surface area contributed by atoms with Crippen LogP contribution in [0.3, 0.4) is 0 Å². The second kappa shape index (κ2) is 5.69. The van der Waals surface area contributed by atoms with E-state index in [0.29, 0.717) is 0 Å². The molecule has 0 aliphatic carbocycles. The molecule has 5 heteroatoms. The standard InChI is InChI=1S/C11H13Br2ClN2/c12-6-8-1-3-16(4-2-8)11-10(14)5-9(13)7-15-11/h5,7-8H,1-4,6H2. The Morgan fingerprint density at radius 3 is 2.69 bits per heavy atom. The number of hydrogen-bond donors (Lipinski definition) is 0. The molecule has 88 valence electrons. The molecular formula is C11H13Br2ClN2. The summed E-state index contributed by atoms with van der Waals surface area (Å²) in [7, 11) is 0. The Kier molecular flexibility index (Phi) is 4.50. The van der Waals surface area contributed by atoms with Crippen LogP contribution in [-0.4, -0.2) is 23.4 Å². The van der Waals surface area contributed by atoms with Crippen LogP contribution in [0, 0.1) is 5.92 Å². The van der Waals surface area contributed by atoms with Gasteiger partial charge in [-0.05, 0) is 40.8 Å². The average molecular weight is 369 g/mol. The molecule has 2 nitrogen and oxygen atoms in total. The van der Waals surface area contributed by atoms with Crippen molar-refractivity contribution in [3.8, 4) is 0 Å². The minimum absolute atomic E-state index is 0.728. The average Bonchev–Trinajstić information content (AvgIpc) is 2.29. The highest BCUT2D eigenvalue weighted by Gasteiger charge is 2.20. The first kappa shape index (κ1) is 12.7. The lowest BCUT2D eigenvalue weighted by Gasteiger charge is -2.32. The monoisotopic (exact) mass is 366 g/mol. The molecule has 2 rings (SSSR count). The molecule has 16 heavy (non-hydrogen) atoms. The van der Waals surface area contributed by atoms with Crippen molar-refractivity contribution in [2.24, 2.45) is 5.92 Å². The fraction of sp³-hybridized carbons (Fsp3) is 0.545. The number of pyridine rings is 1. The highest BCUT2D eigenvalue weighted by molar-refractivity contribution is 9.10. The topological polar surface area (TPSA) is 16.1 Å². The number of alkyl halides is 1. The number of anilines is 1. The zero-order valence-electron chi connectivity index (χ0n) is 8.80. The fourth-order valence-corrected chi connectivity index (χ4v) is 3.34. The van der Waals surface area contributed by atoms with E-state index in [4.69, 9.17) is 11.6 Å². The Morgan fingerprint density at radius 2 is 2.12 bits per heavy atom. The van der Waals surface area contributed by atoms with Crippen LogP contribution < -0.4 is 4.90 Å². The molecular weight excluding hydrogens is 355 g/mol. The highest BCUT2D eigenvalue weighted by Crippen LogP contribution is 2.29. The third-order valence-corrected chi connectivity index (χ3v) is 4.55. The van der Waals surface area contributed by atoms with Crippen molar-refractivity contribution in [3.63, 3.8) is 0 Å². The van der Waals surface area contributed by atoms with Crippen LogP contribution >= 0.6 is 43.5 Å². The summed E-state index contributed by atoms with van der Waals surface area (Å²) in [6.07, 6.45) is 4.22. The second-order valence-electron chi connectivity index (χ2n) is 4.04. The van der Waals surface area contributed by atoms with E-state index in [9.17, 15) is 0 Å². The van der Waals surface area contributed by atoms with Crippen molar-refractivity contribution in [2.75, 3.05) is 23.3 Å². The molecule has 1 aliphatic rings. The summed E-state index contributed by atoms with van der Waals surface area (Å²) >= 11 is 13.1. The van der Waals surface area contributed by atoms with Crippen LogP contribution in [0.2, 0.25) is 5.02 Å². The van der Waals surface area contributed by atoms with Gasteiger partial charge in [0, 0.05) is 29.1 Å². The lowest BCUT2D eigenvalue weighted by molar-refractivity contribution is 0.445. The molecule has 0 atom stereocenters. The Morgan fingerprint density at radius 1 is 1.44 bits per heavy atom. The predicted octanol–water partition coefficient (Wildman–Crippen LogP) is 4.11. The van der Waals surface area contributed by atoms with Gasteiger partial charge in [-0.2, -0.15) is 0 Å². The largest absolute Gasteiger partial charge is 0.355 e. The summed E-state index contributed by atoms with van der Waals surface area (Å²) in [5.74, 6) is 1.71. The third kappa shape index (κ3) is 2.90. The van der Waals surface area contributed by atoms with E-state index in [1.807, 2.05) is 6.07 Å². The molecule has 1 saturated heterocycles. The number of halogens is 3. The van der Waals surface area contributed by atoms with Crippen LogP contribution in [0.5, 0.6) is 0 Å². The molecule has 0 radical (unpaired) electrons. The summed E-state index contributed by atoms with van der Waals surface area (Å²) < 4.78 is 0.927. The lowest BCUT2D eigenvalue weighted by atomic mass is 9.99. The van der Waals surface area contributed by atoms with Gasteiger partial charge < -0.3 is 4.90 Å². The summed E-state index contributed by atoms with van der Waals surface area (Å²) in [6, 6.07) is 1.90. The maximum Gasteiger partial charge on any atom is 0.147 e. The van der Waals surface area contributed by atoms with Gasteiger partial charge in [0.2, 0.25) is 0 Å². The first-order valence-corrected chi connectivity index (χ1v) is 7.62. The van der Waals surface area contributed by atoms with E-state index in [1.54, 1.807) is 6.20 Å².